The van der Waals surface area contributed by atoms with Gasteiger partial charge in [0.2, 0.25) is 5.91 Å². The molecule has 23 heavy (non-hydrogen) atoms. The predicted octanol–water partition coefficient (Wildman–Crippen LogP) is 0.990. The van der Waals surface area contributed by atoms with Crippen molar-refractivity contribution in [2.75, 3.05) is 32.7 Å². The van der Waals surface area contributed by atoms with E-state index in [0.29, 0.717) is 38.9 Å². The molecule has 3 fully saturated rings. The summed E-state index contributed by atoms with van der Waals surface area (Å²) in [5.74, 6) is -1.08. The number of hydrogen-bond acceptors (Lipinski definition) is 3. The molecule has 0 aliphatic carbocycles. The first kappa shape index (κ1) is 16.1. The molecule has 0 unspecified atom stereocenters. The third kappa shape index (κ3) is 3.28. The van der Waals surface area contributed by atoms with Gasteiger partial charge < -0.3 is 19.8 Å². The summed E-state index contributed by atoms with van der Waals surface area (Å²) in [4.78, 5) is 41.5. The van der Waals surface area contributed by atoms with E-state index in [9.17, 15) is 19.5 Å². The largest absolute Gasteiger partial charge is 0.480 e. The van der Waals surface area contributed by atoms with Gasteiger partial charge in [-0.05, 0) is 38.5 Å². The third-order valence-electron chi connectivity index (χ3n) is 5.31. The molecule has 0 bridgehead atoms. The average molecular weight is 323 g/mol. The Balaban J connectivity index is 1.53. The molecular formula is C16H25N3O4. The molecule has 3 aliphatic heterocycles. The molecule has 3 saturated heterocycles. The molecule has 0 aromatic heterocycles. The molecule has 0 aromatic rings. The highest BCUT2D eigenvalue weighted by Crippen LogP contribution is 2.26. The Morgan fingerprint density at radius 2 is 1.39 bits per heavy atom. The number of carboxylic acid groups (broad SMARTS) is 1. The van der Waals surface area contributed by atoms with Crippen LogP contribution < -0.4 is 0 Å². The van der Waals surface area contributed by atoms with E-state index in [0.717, 1.165) is 32.4 Å². The zero-order valence-electron chi connectivity index (χ0n) is 13.4. The van der Waals surface area contributed by atoms with Gasteiger partial charge in [-0.25, -0.2) is 9.59 Å². The van der Waals surface area contributed by atoms with Gasteiger partial charge in [-0.2, -0.15) is 0 Å². The Hall–Kier alpha value is -1.79. The van der Waals surface area contributed by atoms with Crippen LogP contribution in [0.2, 0.25) is 0 Å². The van der Waals surface area contributed by atoms with Crippen LogP contribution in [0.25, 0.3) is 0 Å². The van der Waals surface area contributed by atoms with Gasteiger partial charge in [0.15, 0.2) is 0 Å². The number of carbonyl (C=O) groups is 3. The smallest absolute Gasteiger partial charge is 0.326 e. The summed E-state index contributed by atoms with van der Waals surface area (Å²) < 4.78 is 0. The number of hydrogen-bond donors (Lipinski definition) is 1. The first-order valence-corrected chi connectivity index (χ1v) is 8.65. The number of rotatable bonds is 2. The molecule has 3 rings (SSSR count). The first-order valence-electron chi connectivity index (χ1n) is 8.65. The van der Waals surface area contributed by atoms with E-state index in [1.165, 1.54) is 4.90 Å². The number of urea groups is 1. The Labute approximate surface area is 136 Å². The molecule has 128 valence electrons. The minimum absolute atomic E-state index is 0.0387. The van der Waals surface area contributed by atoms with Gasteiger partial charge in [-0.15, -0.1) is 0 Å². The zero-order valence-corrected chi connectivity index (χ0v) is 13.4. The number of likely N-dealkylation sites (tertiary alicyclic amines) is 3. The summed E-state index contributed by atoms with van der Waals surface area (Å²) >= 11 is 0. The van der Waals surface area contributed by atoms with Crippen LogP contribution in [0.3, 0.4) is 0 Å². The predicted molar refractivity (Wildman–Crippen MR) is 82.9 cm³/mol. The summed E-state index contributed by atoms with van der Waals surface area (Å²) in [6.07, 6.45) is 4.74. The van der Waals surface area contributed by atoms with Crippen molar-refractivity contribution in [3.05, 3.63) is 0 Å². The van der Waals surface area contributed by atoms with Crippen molar-refractivity contribution >= 4 is 17.9 Å². The maximum absolute atomic E-state index is 12.6. The highest BCUT2D eigenvalue weighted by atomic mass is 16.4. The number of carboxylic acids is 1. The van der Waals surface area contributed by atoms with E-state index >= 15 is 0 Å². The molecular weight excluding hydrogens is 298 g/mol. The highest BCUT2D eigenvalue weighted by molar-refractivity contribution is 5.86. The van der Waals surface area contributed by atoms with Crippen molar-refractivity contribution in [2.24, 2.45) is 5.92 Å². The van der Waals surface area contributed by atoms with Gasteiger partial charge in [-0.1, -0.05) is 0 Å². The van der Waals surface area contributed by atoms with Crippen molar-refractivity contribution < 1.29 is 19.5 Å². The van der Waals surface area contributed by atoms with Crippen LogP contribution in [0.15, 0.2) is 0 Å². The van der Waals surface area contributed by atoms with E-state index in [-0.39, 0.29) is 17.9 Å². The van der Waals surface area contributed by atoms with Crippen LogP contribution in [0.1, 0.15) is 38.5 Å². The summed E-state index contributed by atoms with van der Waals surface area (Å²) in [5, 5.41) is 9.21. The molecule has 3 amide bonds. The molecule has 7 heteroatoms. The minimum Gasteiger partial charge on any atom is -0.480 e. The van der Waals surface area contributed by atoms with E-state index in [2.05, 4.69) is 0 Å². The number of piperidine rings is 1. The Morgan fingerprint density at radius 3 is 2.00 bits per heavy atom. The van der Waals surface area contributed by atoms with Crippen molar-refractivity contribution in [1.29, 1.82) is 0 Å². The standard InChI is InChI=1S/C16H25N3O4/c20-14(19-9-3-4-13(19)15(21)22)12-5-10-18(11-6-12)16(23)17-7-1-2-8-17/h12-13H,1-11H2,(H,21,22)/t13-/m1/s1. The fourth-order valence-electron chi connectivity index (χ4n) is 3.95. The molecule has 3 heterocycles. The van der Waals surface area contributed by atoms with Crippen molar-refractivity contribution in [1.82, 2.24) is 14.7 Å². The first-order chi connectivity index (χ1) is 11.1. The Bertz CT molecular complexity index is 482. The summed E-state index contributed by atoms with van der Waals surface area (Å²) in [6, 6.07) is -0.565. The monoisotopic (exact) mass is 323 g/mol. The van der Waals surface area contributed by atoms with Gasteiger partial charge in [0.1, 0.15) is 6.04 Å². The lowest BCUT2D eigenvalue weighted by Gasteiger charge is -2.35. The molecule has 0 spiro atoms. The van der Waals surface area contributed by atoms with Crippen LogP contribution in [0, 0.1) is 5.92 Å². The Kier molecular flexibility index (Phi) is 4.73. The molecule has 0 radical (unpaired) electrons. The topological polar surface area (TPSA) is 81.2 Å². The minimum atomic E-state index is -0.905. The second-order valence-corrected chi connectivity index (χ2v) is 6.77. The fourth-order valence-corrected chi connectivity index (χ4v) is 3.95. The maximum Gasteiger partial charge on any atom is 0.326 e. The normalized spacial score (nSPS) is 25.9. The molecule has 1 atom stereocenters. The van der Waals surface area contributed by atoms with Gasteiger partial charge in [0, 0.05) is 38.6 Å². The lowest BCUT2D eigenvalue weighted by atomic mass is 9.95. The van der Waals surface area contributed by atoms with Gasteiger partial charge in [-0.3, -0.25) is 4.79 Å². The zero-order chi connectivity index (χ0) is 16.4. The quantitative estimate of drug-likeness (QED) is 0.822. The Morgan fingerprint density at radius 1 is 0.783 bits per heavy atom. The van der Waals surface area contributed by atoms with Crippen LogP contribution in [0.5, 0.6) is 0 Å². The summed E-state index contributed by atoms with van der Waals surface area (Å²) in [5.41, 5.74) is 0. The van der Waals surface area contributed by atoms with Gasteiger partial charge >= 0.3 is 12.0 Å². The van der Waals surface area contributed by atoms with Crippen LogP contribution in [0.4, 0.5) is 4.79 Å². The molecule has 1 N–H and O–H groups in total. The fraction of sp³-hybridized carbons (Fsp3) is 0.812. The number of nitrogens with zero attached hydrogens (tertiary/aromatic N) is 3. The second kappa shape index (κ2) is 6.76. The summed E-state index contributed by atoms with van der Waals surface area (Å²) in [7, 11) is 0. The van der Waals surface area contributed by atoms with Gasteiger partial charge in [0.05, 0.1) is 0 Å². The number of amides is 3. The van der Waals surface area contributed by atoms with E-state index in [1.54, 1.807) is 0 Å². The van der Waals surface area contributed by atoms with E-state index in [4.69, 9.17) is 0 Å². The highest BCUT2D eigenvalue weighted by Gasteiger charge is 2.38. The maximum atomic E-state index is 12.6. The van der Waals surface area contributed by atoms with Crippen LogP contribution >= 0.6 is 0 Å². The summed E-state index contributed by atoms with van der Waals surface area (Å²) in [6.45, 7) is 3.41. The van der Waals surface area contributed by atoms with E-state index in [1.807, 2.05) is 9.80 Å². The van der Waals surface area contributed by atoms with Crippen LogP contribution in [-0.2, 0) is 9.59 Å². The van der Waals surface area contributed by atoms with Crippen molar-refractivity contribution in [3.8, 4) is 0 Å². The molecule has 3 aliphatic rings. The molecule has 0 aromatic carbocycles. The number of aliphatic carboxylic acids is 1. The molecule has 7 nitrogen and oxygen atoms in total. The number of carbonyl (C=O) groups excluding carboxylic acids is 2. The second-order valence-electron chi connectivity index (χ2n) is 6.77. The lowest BCUT2D eigenvalue weighted by Crippen LogP contribution is -2.49. The average Bonchev–Trinajstić information content (AvgIpc) is 3.24. The van der Waals surface area contributed by atoms with Crippen LogP contribution in [-0.4, -0.2) is 76.5 Å². The van der Waals surface area contributed by atoms with Crippen molar-refractivity contribution in [2.45, 2.75) is 44.6 Å². The van der Waals surface area contributed by atoms with Crippen molar-refractivity contribution in [3.63, 3.8) is 0 Å². The third-order valence-corrected chi connectivity index (χ3v) is 5.31. The lowest BCUT2D eigenvalue weighted by molar-refractivity contribution is -0.150. The molecule has 0 saturated carbocycles. The van der Waals surface area contributed by atoms with Gasteiger partial charge in [0.25, 0.3) is 0 Å². The SMILES string of the molecule is O=C(O)[C@H]1CCCN1C(=O)C1CCN(C(=O)N2CCCC2)CC1. The van der Waals surface area contributed by atoms with E-state index < -0.39 is 12.0 Å².